The summed E-state index contributed by atoms with van der Waals surface area (Å²) in [7, 11) is -4.16. The number of alkyl halides is 3. The van der Waals surface area contributed by atoms with Crippen molar-refractivity contribution in [2.45, 2.75) is 23.9 Å². The largest absolute Gasteiger partial charge is 0.417 e. The highest BCUT2D eigenvalue weighted by Crippen LogP contribution is 2.37. The Hall–Kier alpha value is -0.600. The molecular weight excluding hydrogens is 335 g/mol. The van der Waals surface area contributed by atoms with Crippen LogP contribution in [-0.2, 0) is 16.2 Å². The lowest BCUT2D eigenvalue weighted by molar-refractivity contribution is -0.139. The van der Waals surface area contributed by atoms with Gasteiger partial charge in [0.15, 0.2) is 0 Å². The molecule has 18 heavy (non-hydrogen) atoms. The summed E-state index contributed by atoms with van der Waals surface area (Å²) in [5.41, 5.74) is -1.18. The molecule has 1 aromatic rings. The van der Waals surface area contributed by atoms with Crippen molar-refractivity contribution >= 4 is 26.0 Å². The zero-order valence-electron chi connectivity index (χ0n) is 8.88. The van der Waals surface area contributed by atoms with E-state index < -0.39 is 26.7 Å². The third kappa shape index (κ3) is 3.04. The third-order valence-electron chi connectivity index (χ3n) is 2.32. The van der Waals surface area contributed by atoms with E-state index in [4.69, 9.17) is 0 Å². The van der Waals surface area contributed by atoms with Gasteiger partial charge in [-0.05, 0) is 31.0 Å². The summed E-state index contributed by atoms with van der Waals surface area (Å²) in [4.78, 5) is -0.752. The van der Waals surface area contributed by atoms with Gasteiger partial charge in [0.1, 0.15) is 0 Å². The Bertz CT molecular complexity index is 567. The van der Waals surface area contributed by atoms with E-state index in [0.29, 0.717) is 18.9 Å². The van der Waals surface area contributed by atoms with Crippen molar-refractivity contribution in [1.82, 2.24) is 4.72 Å². The summed E-state index contributed by atoms with van der Waals surface area (Å²) in [6.45, 7) is 0. The smallest absolute Gasteiger partial charge is 0.207 e. The van der Waals surface area contributed by atoms with Crippen LogP contribution >= 0.6 is 15.9 Å². The first-order chi connectivity index (χ1) is 8.20. The van der Waals surface area contributed by atoms with Gasteiger partial charge >= 0.3 is 6.18 Å². The summed E-state index contributed by atoms with van der Waals surface area (Å²) in [6, 6.07) is 3.50. The van der Waals surface area contributed by atoms with Crippen LogP contribution in [0.15, 0.2) is 27.6 Å². The van der Waals surface area contributed by atoms with E-state index in [1.54, 1.807) is 0 Å². The molecule has 0 atom stereocenters. The Morgan fingerprint density at radius 2 is 1.83 bits per heavy atom. The van der Waals surface area contributed by atoms with Crippen LogP contribution < -0.4 is 4.72 Å². The van der Waals surface area contributed by atoms with Crippen molar-refractivity contribution in [3.63, 3.8) is 0 Å². The van der Waals surface area contributed by atoms with E-state index in [1.165, 1.54) is 6.07 Å². The van der Waals surface area contributed by atoms with Gasteiger partial charge in [0.05, 0.1) is 16.5 Å². The van der Waals surface area contributed by atoms with Crippen LogP contribution in [0, 0.1) is 6.04 Å². The summed E-state index contributed by atoms with van der Waals surface area (Å²) >= 11 is 2.90. The molecule has 3 nitrogen and oxygen atoms in total. The molecule has 2 rings (SSSR count). The Morgan fingerprint density at radius 1 is 1.22 bits per heavy atom. The molecule has 0 saturated heterocycles. The molecule has 0 spiro atoms. The molecule has 8 heteroatoms. The first-order valence-electron chi connectivity index (χ1n) is 4.94. The maximum absolute atomic E-state index is 12.8. The van der Waals surface area contributed by atoms with E-state index >= 15 is 0 Å². The molecule has 99 valence electrons. The zero-order valence-corrected chi connectivity index (χ0v) is 11.3. The first kappa shape index (κ1) is 13.8. The van der Waals surface area contributed by atoms with Crippen LogP contribution in [0.25, 0.3) is 0 Å². The molecular formula is C10H8BrF3NO2S. The van der Waals surface area contributed by atoms with Crippen molar-refractivity contribution in [3.05, 3.63) is 34.3 Å². The SMILES string of the molecule is O=S(=O)(N[C]1CC1)c1ccc(Br)cc1C(F)(F)F. The molecule has 0 heterocycles. The Balaban J connectivity index is 2.49. The highest BCUT2D eigenvalue weighted by Gasteiger charge is 2.39. The number of benzene rings is 1. The number of rotatable bonds is 3. The van der Waals surface area contributed by atoms with Crippen molar-refractivity contribution in [2.24, 2.45) is 0 Å². The van der Waals surface area contributed by atoms with E-state index in [-0.39, 0.29) is 4.47 Å². The highest BCUT2D eigenvalue weighted by atomic mass is 79.9. The summed E-state index contributed by atoms with van der Waals surface area (Å²) in [5, 5.41) is 0. The fourth-order valence-electron chi connectivity index (χ4n) is 1.37. The number of halogens is 4. The molecule has 1 N–H and O–H groups in total. The third-order valence-corrected chi connectivity index (χ3v) is 4.30. The molecule has 1 saturated carbocycles. The molecule has 1 aliphatic rings. The first-order valence-corrected chi connectivity index (χ1v) is 7.22. The predicted molar refractivity (Wildman–Crippen MR) is 61.9 cm³/mol. The lowest BCUT2D eigenvalue weighted by atomic mass is 10.2. The average molecular weight is 343 g/mol. The minimum absolute atomic E-state index is 0.174. The van der Waals surface area contributed by atoms with E-state index in [1.807, 2.05) is 0 Å². The highest BCUT2D eigenvalue weighted by molar-refractivity contribution is 9.10. The Labute approximate surface area is 111 Å². The van der Waals surface area contributed by atoms with Gasteiger partial charge in [0.2, 0.25) is 10.0 Å². The van der Waals surface area contributed by atoms with Gasteiger partial charge in [-0.1, -0.05) is 15.9 Å². The average Bonchev–Trinajstić information content (AvgIpc) is 2.99. The summed E-state index contributed by atoms with van der Waals surface area (Å²) in [5.74, 6) is 0. The van der Waals surface area contributed by atoms with Crippen molar-refractivity contribution in [1.29, 1.82) is 0 Å². The molecule has 0 aromatic heterocycles. The predicted octanol–water partition coefficient (Wildman–Crippen LogP) is 3.07. The second-order valence-corrected chi connectivity index (χ2v) is 6.41. The van der Waals surface area contributed by atoms with Crippen LogP contribution in [0.1, 0.15) is 18.4 Å². The van der Waals surface area contributed by atoms with Crippen molar-refractivity contribution in [3.8, 4) is 0 Å². The Morgan fingerprint density at radius 3 is 2.33 bits per heavy atom. The molecule has 0 aliphatic heterocycles. The number of sulfonamides is 1. The quantitative estimate of drug-likeness (QED) is 0.917. The normalized spacial score (nSPS) is 16.9. The topological polar surface area (TPSA) is 46.2 Å². The van der Waals surface area contributed by atoms with Gasteiger partial charge in [0.25, 0.3) is 0 Å². The van der Waals surface area contributed by atoms with E-state index in [2.05, 4.69) is 20.7 Å². The van der Waals surface area contributed by atoms with Gasteiger partial charge in [-0.3, -0.25) is 0 Å². The summed E-state index contributed by atoms with van der Waals surface area (Å²) in [6.07, 6.45) is -3.56. The van der Waals surface area contributed by atoms with E-state index in [9.17, 15) is 21.6 Å². The fourth-order valence-corrected chi connectivity index (χ4v) is 3.13. The molecule has 1 fully saturated rings. The molecule has 0 amide bonds. The maximum atomic E-state index is 12.8. The van der Waals surface area contributed by atoms with Crippen LogP contribution in [0.5, 0.6) is 0 Å². The molecule has 0 bridgehead atoms. The van der Waals surface area contributed by atoms with Gasteiger partial charge in [-0.15, -0.1) is 0 Å². The van der Waals surface area contributed by atoms with Crippen LogP contribution in [0.3, 0.4) is 0 Å². The molecule has 1 aliphatic carbocycles. The van der Waals surface area contributed by atoms with Crippen LogP contribution in [0.4, 0.5) is 13.2 Å². The van der Waals surface area contributed by atoms with Crippen LogP contribution in [-0.4, -0.2) is 8.42 Å². The van der Waals surface area contributed by atoms with Gasteiger partial charge in [-0.2, -0.15) is 13.2 Å². The minimum Gasteiger partial charge on any atom is -0.207 e. The number of hydrogen-bond acceptors (Lipinski definition) is 2. The molecule has 1 aromatic carbocycles. The minimum atomic E-state index is -4.72. The maximum Gasteiger partial charge on any atom is 0.417 e. The van der Waals surface area contributed by atoms with E-state index in [0.717, 1.165) is 12.1 Å². The second kappa shape index (κ2) is 4.50. The number of hydrogen-bond donors (Lipinski definition) is 1. The molecule has 0 unspecified atom stereocenters. The van der Waals surface area contributed by atoms with Crippen LogP contribution in [0.2, 0.25) is 0 Å². The summed E-state index contributed by atoms with van der Waals surface area (Å²) < 4.78 is 64.3. The lowest BCUT2D eigenvalue weighted by Gasteiger charge is -2.13. The lowest BCUT2D eigenvalue weighted by Crippen LogP contribution is -2.25. The zero-order chi connectivity index (χ0) is 13.6. The number of nitrogens with one attached hydrogen (secondary N) is 1. The van der Waals surface area contributed by atoms with Crippen molar-refractivity contribution < 1.29 is 21.6 Å². The Kier molecular flexibility index (Phi) is 3.46. The van der Waals surface area contributed by atoms with Crippen molar-refractivity contribution in [2.75, 3.05) is 0 Å². The van der Waals surface area contributed by atoms with Gasteiger partial charge < -0.3 is 0 Å². The standard InChI is InChI=1S/C10H8BrF3NO2S/c11-6-1-4-9(8(5-6)10(12,13)14)18(16,17)15-7-2-3-7/h1,4-5,15H,2-3H2. The molecule has 1 radical (unpaired) electrons. The monoisotopic (exact) mass is 342 g/mol. The fraction of sp³-hybridized carbons (Fsp3) is 0.300. The van der Waals surface area contributed by atoms with Gasteiger partial charge in [0, 0.05) is 4.47 Å². The van der Waals surface area contributed by atoms with Gasteiger partial charge in [-0.25, -0.2) is 13.1 Å². The second-order valence-electron chi connectivity index (χ2n) is 3.85.